The third-order valence-electron chi connectivity index (χ3n) is 5.97. The minimum Gasteiger partial charge on any atom is -0.365 e. The number of anilines is 3. The van der Waals surface area contributed by atoms with Crippen LogP contribution in [0.1, 0.15) is 47.2 Å². The summed E-state index contributed by atoms with van der Waals surface area (Å²) in [5, 5.41) is 9.65. The summed E-state index contributed by atoms with van der Waals surface area (Å²) in [5.74, 6) is -0.0435. The smallest absolute Gasteiger partial charge is 0.254 e. The largest absolute Gasteiger partial charge is 0.365 e. The Bertz CT molecular complexity index is 1210. The van der Waals surface area contributed by atoms with E-state index in [0.29, 0.717) is 11.8 Å². The Kier molecular flexibility index (Phi) is 7.72. The average Bonchev–Trinajstić information content (AvgIpc) is 2.85. The number of carbonyl (C=O) groups excluding carboxylic acids is 2. The molecule has 0 radical (unpaired) electrons. The van der Waals surface area contributed by atoms with Gasteiger partial charge >= 0.3 is 0 Å². The van der Waals surface area contributed by atoms with Crippen LogP contribution in [0.25, 0.3) is 6.08 Å². The van der Waals surface area contributed by atoms with E-state index in [1.165, 1.54) is 6.20 Å². The number of rotatable bonds is 8. The lowest BCUT2D eigenvalue weighted by Crippen LogP contribution is -2.48. The first-order chi connectivity index (χ1) is 17.0. The average molecular weight is 471 g/mol. The molecule has 1 aliphatic rings. The second kappa shape index (κ2) is 11.3. The van der Waals surface area contributed by atoms with Crippen LogP contribution in [0.15, 0.2) is 66.9 Å². The molecule has 1 aromatic heterocycles. The third kappa shape index (κ3) is 6.66. The summed E-state index contributed by atoms with van der Waals surface area (Å²) in [6.45, 7) is 1.99. The standard InChI is InChI=1S/C27H30N6O2/c1-18-8-7-11-20(16-18)30-26-21(25(28)35)17-29-27(33-26)32-23-13-6-5-12-22(23)31-24(34)15-14-19-9-3-2-4-10-19/h2-4,7-11,14-17,22-23H,5-6,12-13H2,1H3,(H2,28,35)(H,31,34)(H2,29,30,32,33)/b15-14-/t22-,23+/m0/s1. The molecule has 0 saturated heterocycles. The van der Waals surface area contributed by atoms with Crippen molar-refractivity contribution in [1.82, 2.24) is 15.3 Å². The van der Waals surface area contributed by atoms with Gasteiger partial charge in [-0.25, -0.2) is 4.98 Å². The zero-order valence-electron chi connectivity index (χ0n) is 19.7. The number of primary amides is 1. The van der Waals surface area contributed by atoms with Crippen molar-refractivity contribution in [2.24, 2.45) is 5.73 Å². The molecule has 0 spiro atoms. The normalized spacial score (nSPS) is 17.6. The molecule has 8 nitrogen and oxygen atoms in total. The summed E-state index contributed by atoms with van der Waals surface area (Å²) in [4.78, 5) is 33.4. The fraction of sp³-hybridized carbons (Fsp3) is 0.259. The van der Waals surface area contributed by atoms with Gasteiger partial charge in [-0.2, -0.15) is 4.98 Å². The van der Waals surface area contributed by atoms with Crippen molar-refractivity contribution in [1.29, 1.82) is 0 Å². The molecule has 8 heteroatoms. The van der Waals surface area contributed by atoms with Crippen molar-refractivity contribution < 1.29 is 9.59 Å². The maximum atomic E-state index is 12.6. The molecule has 0 aliphatic heterocycles. The summed E-state index contributed by atoms with van der Waals surface area (Å²) in [6.07, 6.45) is 8.59. The Morgan fingerprint density at radius 1 is 1.03 bits per heavy atom. The van der Waals surface area contributed by atoms with Crippen LogP contribution in [0.2, 0.25) is 0 Å². The topological polar surface area (TPSA) is 122 Å². The molecule has 0 unspecified atom stereocenters. The summed E-state index contributed by atoms with van der Waals surface area (Å²) >= 11 is 0. The van der Waals surface area contributed by atoms with Gasteiger partial charge in [0, 0.05) is 30.0 Å². The summed E-state index contributed by atoms with van der Waals surface area (Å²) in [7, 11) is 0. The highest BCUT2D eigenvalue weighted by molar-refractivity contribution is 5.98. The van der Waals surface area contributed by atoms with Gasteiger partial charge in [0.15, 0.2) is 0 Å². The Morgan fingerprint density at radius 3 is 2.54 bits per heavy atom. The number of nitrogens with one attached hydrogen (secondary N) is 3. The zero-order valence-corrected chi connectivity index (χ0v) is 19.7. The Labute approximate surface area is 205 Å². The van der Waals surface area contributed by atoms with Crippen molar-refractivity contribution in [3.05, 3.63) is 83.6 Å². The molecular formula is C27H30N6O2. The van der Waals surface area contributed by atoms with Crippen molar-refractivity contribution in [2.45, 2.75) is 44.7 Å². The summed E-state index contributed by atoms with van der Waals surface area (Å²) in [6, 6.07) is 17.4. The molecule has 2 aromatic carbocycles. The van der Waals surface area contributed by atoms with Crippen LogP contribution in [-0.2, 0) is 4.79 Å². The van der Waals surface area contributed by atoms with Crippen molar-refractivity contribution in [3.8, 4) is 0 Å². The number of nitrogens with zero attached hydrogens (tertiary/aromatic N) is 2. The van der Waals surface area contributed by atoms with Gasteiger partial charge < -0.3 is 21.7 Å². The second-order valence-corrected chi connectivity index (χ2v) is 8.71. The van der Waals surface area contributed by atoms with Crippen LogP contribution in [0, 0.1) is 6.92 Å². The van der Waals surface area contributed by atoms with Gasteiger partial charge in [0.1, 0.15) is 11.4 Å². The molecule has 5 N–H and O–H groups in total. The number of aryl methyl sites for hydroxylation is 1. The number of amides is 2. The fourth-order valence-corrected chi connectivity index (χ4v) is 4.20. The number of hydrogen-bond acceptors (Lipinski definition) is 6. The SMILES string of the molecule is Cc1cccc(Nc2nc(N[C@@H]3CCCC[C@@H]3NC(=O)/C=C\c3ccccc3)ncc2C(N)=O)c1. The highest BCUT2D eigenvalue weighted by atomic mass is 16.1. The number of benzene rings is 2. The number of hydrogen-bond donors (Lipinski definition) is 4. The van der Waals surface area contributed by atoms with Gasteiger partial charge in [-0.15, -0.1) is 0 Å². The molecule has 180 valence electrons. The first kappa shape index (κ1) is 23.9. The van der Waals surface area contributed by atoms with Crippen molar-refractivity contribution in [3.63, 3.8) is 0 Å². The van der Waals surface area contributed by atoms with E-state index < -0.39 is 5.91 Å². The van der Waals surface area contributed by atoms with E-state index in [9.17, 15) is 9.59 Å². The van der Waals surface area contributed by atoms with E-state index in [1.807, 2.05) is 61.5 Å². The van der Waals surface area contributed by atoms with E-state index in [0.717, 1.165) is 42.5 Å². The van der Waals surface area contributed by atoms with Crippen molar-refractivity contribution in [2.75, 3.05) is 10.6 Å². The van der Waals surface area contributed by atoms with Crippen LogP contribution < -0.4 is 21.7 Å². The van der Waals surface area contributed by atoms with Gasteiger partial charge in [-0.05, 0) is 49.1 Å². The second-order valence-electron chi connectivity index (χ2n) is 8.71. The lowest BCUT2D eigenvalue weighted by Gasteiger charge is -2.32. The Morgan fingerprint density at radius 2 is 1.80 bits per heavy atom. The molecule has 4 rings (SSSR count). The van der Waals surface area contributed by atoms with Gasteiger partial charge in [0.2, 0.25) is 11.9 Å². The predicted molar refractivity (Wildman–Crippen MR) is 138 cm³/mol. The summed E-state index contributed by atoms with van der Waals surface area (Å²) in [5.41, 5.74) is 8.59. The molecular weight excluding hydrogens is 440 g/mol. The van der Waals surface area contributed by atoms with Crippen LogP contribution in [0.3, 0.4) is 0 Å². The molecule has 1 saturated carbocycles. The van der Waals surface area contributed by atoms with E-state index in [4.69, 9.17) is 5.73 Å². The third-order valence-corrected chi connectivity index (χ3v) is 5.97. The number of nitrogens with two attached hydrogens (primary N) is 1. The summed E-state index contributed by atoms with van der Waals surface area (Å²) < 4.78 is 0. The maximum Gasteiger partial charge on any atom is 0.254 e. The minimum absolute atomic E-state index is 0.0379. The van der Waals surface area contributed by atoms with E-state index in [2.05, 4.69) is 25.9 Å². The number of aromatic nitrogens is 2. The lowest BCUT2D eigenvalue weighted by molar-refractivity contribution is -0.117. The highest BCUT2D eigenvalue weighted by Gasteiger charge is 2.27. The van der Waals surface area contributed by atoms with Gasteiger partial charge in [0.05, 0.1) is 0 Å². The first-order valence-electron chi connectivity index (χ1n) is 11.8. The van der Waals surface area contributed by atoms with Crippen LogP contribution >= 0.6 is 0 Å². The quantitative estimate of drug-likeness (QED) is 0.366. The fourth-order valence-electron chi connectivity index (χ4n) is 4.20. The number of carbonyl (C=O) groups is 2. The van der Waals surface area contributed by atoms with E-state index in [-0.39, 0.29) is 23.6 Å². The Hall–Kier alpha value is -4.20. The van der Waals surface area contributed by atoms with Crippen molar-refractivity contribution >= 4 is 35.3 Å². The molecule has 1 heterocycles. The van der Waals surface area contributed by atoms with Crippen LogP contribution in [0.5, 0.6) is 0 Å². The van der Waals surface area contributed by atoms with Gasteiger partial charge in [-0.3, -0.25) is 9.59 Å². The monoisotopic (exact) mass is 470 g/mol. The van der Waals surface area contributed by atoms with E-state index in [1.54, 1.807) is 12.2 Å². The molecule has 35 heavy (non-hydrogen) atoms. The van der Waals surface area contributed by atoms with Gasteiger partial charge in [-0.1, -0.05) is 55.3 Å². The molecule has 1 aliphatic carbocycles. The molecule has 0 bridgehead atoms. The van der Waals surface area contributed by atoms with Gasteiger partial charge in [0.25, 0.3) is 5.91 Å². The molecule has 2 atom stereocenters. The predicted octanol–water partition coefficient (Wildman–Crippen LogP) is 4.18. The van der Waals surface area contributed by atoms with E-state index >= 15 is 0 Å². The highest BCUT2D eigenvalue weighted by Crippen LogP contribution is 2.24. The molecule has 2 amide bonds. The van der Waals surface area contributed by atoms with Crippen LogP contribution in [0.4, 0.5) is 17.5 Å². The maximum absolute atomic E-state index is 12.6. The zero-order chi connectivity index (χ0) is 24.6. The van der Waals surface area contributed by atoms with Crippen LogP contribution in [-0.4, -0.2) is 33.9 Å². The Balaban J connectivity index is 1.47. The first-order valence-corrected chi connectivity index (χ1v) is 11.8. The molecule has 1 fully saturated rings. The lowest BCUT2D eigenvalue weighted by atomic mass is 9.90. The minimum atomic E-state index is -0.611. The molecule has 3 aromatic rings.